The third kappa shape index (κ3) is 4.87. The molecule has 0 heterocycles. The van der Waals surface area contributed by atoms with Crippen LogP contribution in [0.25, 0.3) is 0 Å². The molecule has 0 radical (unpaired) electrons. The number of carboxylic acid groups (broad SMARTS) is 1. The van der Waals surface area contributed by atoms with Gasteiger partial charge in [-0.25, -0.2) is 0 Å². The van der Waals surface area contributed by atoms with Crippen LogP contribution in [-0.4, -0.2) is 28.3 Å². The minimum atomic E-state index is -4.65. The zero-order chi connectivity index (χ0) is 23.8. The summed E-state index contributed by atoms with van der Waals surface area (Å²) in [6.45, 7) is 0.907. The van der Waals surface area contributed by atoms with Crippen LogP contribution < -0.4 is 5.32 Å². The van der Waals surface area contributed by atoms with Crippen molar-refractivity contribution in [3.63, 3.8) is 0 Å². The SMILES string of the molecule is C[C@H]([C@H](C(=O)Nc1cc(C(O)C2(C(=O)O)CC2)ccc1Cl)c1ccc(Cl)cc1)C(F)(F)F. The third-order valence-electron chi connectivity index (χ3n) is 5.83. The van der Waals surface area contributed by atoms with E-state index >= 15 is 0 Å². The molecule has 3 atom stereocenters. The van der Waals surface area contributed by atoms with Crippen molar-refractivity contribution in [2.24, 2.45) is 11.3 Å². The van der Waals surface area contributed by atoms with Gasteiger partial charge in [-0.2, -0.15) is 13.2 Å². The lowest BCUT2D eigenvalue weighted by Gasteiger charge is -2.26. The van der Waals surface area contributed by atoms with Crippen molar-refractivity contribution < 1.29 is 33.0 Å². The smallest absolute Gasteiger partial charge is 0.392 e. The van der Waals surface area contributed by atoms with Crippen LogP contribution in [0.4, 0.5) is 18.9 Å². The van der Waals surface area contributed by atoms with Gasteiger partial charge >= 0.3 is 12.1 Å². The van der Waals surface area contributed by atoms with E-state index in [4.69, 9.17) is 23.2 Å². The number of carboxylic acids is 1. The number of halogens is 5. The van der Waals surface area contributed by atoms with Crippen molar-refractivity contribution in [1.29, 1.82) is 0 Å². The number of amides is 1. The van der Waals surface area contributed by atoms with Gasteiger partial charge in [0.1, 0.15) is 0 Å². The van der Waals surface area contributed by atoms with E-state index < -0.39 is 41.4 Å². The molecule has 2 aromatic carbocycles. The van der Waals surface area contributed by atoms with Gasteiger partial charge in [0, 0.05) is 5.02 Å². The molecule has 1 fully saturated rings. The second-order valence-electron chi connectivity index (χ2n) is 7.95. The Labute approximate surface area is 192 Å². The molecule has 5 nitrogen and oxygen atoms in total. The molecule has 2 aromatic rings. The molecular formula is C22H20Cl2F3NO4. The fourth-order valence-corrected chi connectivity index (χ4v) is 3.89. The van der Waals surface area contributed by atoms with Gasteiger partial charge in [0.15, 0.2) is 0 Å². The Morgan fingerprint density at radius 1 is 1.06 bits per heavy atom. The average molecular weight is 490 g/mol. The Balaban J connectivity index is 1.92. The molecule has 32 heavy (non-hydrogen) atoms. The Morgan fingerprint density at radius 2 is 1.62 bits per heavy atom. The molecular weight excluding hydrogens is 470 g/mol. The molecule has 172 valence electrons. The second-order valence-corrected chi connectivity index (χ2v) is 8.80. The van der Waals surface area contributed by atoms with Crippen molar-refractivity contribution in [3.8, 4) is 0 Å². The lowest BCUT2D eigenvalue weighted by atomic mass is 9.85. The van der Waals surface area contributed by atoms with Crippen LogP contribution in [0.2, 0.25) is 10.0 Å². The quantitative estimate of drug-likeness (QED) is 0.457. The van der Waals surface area contributed by atoms with Gasteiger partial charge < -0.3 is 15.5 Å². The maximum atomic E-state index is 13.5. The van der Waals surface area contributed by atoms with Gasteiger partial charge in [0.2, 0.25) is 5.91 Å². The van der Waals surface area contributed by atoms with Gasteiger partial charge in [-0.05, 0) is 48.2 Å². The third-order valence-corrected chi connectivity index (χ3v) is 6.41. The van der Waals surface area contributed by atoms with Crippen molar-refractivity contribution in [1.82, 2.24) is 0 Å². The standard InChI is InChI=1S/C22H20Cl2F3NO4/c1-11(22(25,26)27)17(12-2-5-14(23)6-3-12)19(30)28-16-10-13(4-7-15(16)24)18(29)21(8-9-21)20(31)32/h2-7,10-11,17-18,29H,8-9H2,1H3,(H,28,30)(H,31,32)/t11-,17+,18?/m1/s1. The highest BCUT2D eigenvalue weighted by Gasteiger charge is 2.56. The summed E-state index contributed by atoms with van der Waals surface area (Å²) in [5, 5.41) is 22.7. The number of hydrogen-bond acceptors (Lipinski definition) is 3. The molecule has 0 aromatic heterocycles. The highest BCUT2D eigenvalue weighted by Crippen LogP contribution is 2.55. The predicted octanol–water partition coefficient (Wildman–Crippen LogP) is 5.81. The first kappa shape index (κ1) is 24.4. The molecule has 0 spiro atoms. The van der Waals surface area contributed by atoms with E-state index in [9.17, 15) is 33.0 Å². The number of anilines is 1. The molecule has 1 amide bonds. The first-order valence-corrected chi connectivity index (χ1v) is 10.5. The van der Waals surface area contributed by atoms with Gasteiger partial charge in [-0.1, -0.05) is 48.3 Å². The van der Waals surface area contributed by atoms with E-state index in [1.807, 2.05) is 0 Å². The predicted molar refractivity (Wildman–Crippen MR) is 114 cm³/mol. The molecule has 10 heteroatoms. The van der Waals surface area contributed by atoms with Crippen LogP contribution in [0, 0.1) is 11.3 Å². The van der Waals surface area contributed by atoms with Crippen LogP contribution in [0.5, 0.6) is 0 Å². The first-order valence-electron chi connectivity index (χ1n) is 9.71. The molecule has 1 unspecified atom stereocenters. The number of benzene rings is 2. The molecule has 0 aliphatic heterocycles. The average Bonchev–Trinajstić information content (AvgIpc) is 3.52. The van der Waals surface area contributed by atoms with E-state index in [-0.39, 0.29) is 34.7 Å². The lowest BCUT2D eigenvalue weighted by Crippen LogP contribution is -2.34. The molecule has 3 rings (SSSR count). The van der Waals surface area contributed by atoms with Crippen LogP contribution >= 0.6 is 23.2 Å². The minimum absolute atomic E-state index is 0.0252. The van der Waals surface area contributed by atoms with Crippen LogP contribution in [-0.2, 0) is 9.59 Å². The van der Waals surface area contributed by atoms with E-state index in [0.717, 1.165) is 6.92 Å². The molecule has 1 aliphatic rings. The van der Waals surface area contributed by atoms with Crippen LogP contribution in [0.3, 0.4) is 0 Å². The molecule has 3 N–H and O–H groups in total. The molecule has 0 saturated heterocycles. The number of aliphatic hydroxyl groups excluding tert-OH is 1. The van der Waals surface area contributed by atoms with E-state index in [0.29, 0.717) is 5.02 Å². The summed E-state index contributed by atoms with van der Waals surface area (Å²) in [6, 6.07) is 9.53. The van der Waals surface area contributed by atoms with E-state index in [1.165, 1.54) is 42.5 Å². The number of carbonyl (C=O) groups is 2. The number of rotatable bonds is 7. The number of aliphatic carboxylic acids is 1. The number of carbonyl (C=O) groups excluding carboxylic acids is 1. The van der Waals surface area contributed by atoms with Crippen LogP contribution in [0.15, 0.2) is 42.5 Å². The molecule has 1 saturated carbocycles. The van der Waals surface area contributed by atoms with Crippen molar-refractivity contribution >= 4 is 40.8 Å². The van der Waals surface area contributed by atoms with Crippen molar-refractivity contribution in [3.05, 3.63) is 63.6 Å². The number of nitrogens with one attached hydrogen (secondary N) is 1. The van der Waals surface area contributed by atoms with E-state index in [1.54, 1.807) is 0 Å². The Bertz CT molecular complexity index is 1020. The Hall–Kier alpha value is -2.29. The lowest BCUT2D eigenvalue weighted by molar-refractivity contribution is -0.178. The summed E-state index contributed by atoms with van der Waals surface area (Å²) in [6.07, 6.45) is -5.43. The Kier molecular flexibility index (Phi) is 6.79. The van der Waals surface area contributed by atoms with Gasteiger partial charge in [0.25, 0.3) is 0 Å². The maximum Gasteiger partial charge on any atom is 0.392 e. The number of aliphatic hydroxyl groups is 1. The van der Waals surface area contributed by atoms with Crippen molar-refractivity contribution in [2.75, 3.05) is 5.32 Å². The summed E-state index contributed by atoms with van der Waals surface area (Å²) in [5.41, 5.74) is -1.03. The van der Waals surface area contributed by atoms with Gasteiger partial charge in [0.05, 0.1) is 34.1 Å². The second kappa shape index (κ2) is 8.92. The van der Waals surface area contributed by atoms with E-state index in [2.05, 4.69) is 5.32 Å². The zero-order valence-corrected chi connectivity index (χ0v) is 18.3. The fraction of sp³-hybridized carbons (Fsp3) is 0.364. The zero-order valence-electron chi connectivity index (χ0n) is 16.8. The van der Waals surface area contributed by atoms with Crippen molar-refractivity contribution in [2.45, 2.75) is 38.0 Å². The highest BCUT2D eigenvalue weighted by atomic mass is 35.5. The molecule has 0 bridgehead atoms. The summed E-state index contributed by atoms with van der Waals surface area (Å²) in [7, 11) is 0. The number of alkyl halides is 3. The normalized spacial score (nSPS) is 17.8. The van der Waals surface area contributed by atoms with Gasteiger partial charge in [-0.15, -0.1) is 0 Å². The highest BCUT2D eigenvalue weighted by molar-refractivity contribution is 6.33. The first-order chi connectivity index (χ1) is 14.9. The largest absolute Gasteiger partial charge is 0.481 e. The maximum absolute atomic E-state index is 13.5. The summed E-state index contributed by atoms with van der Waals surface area (Å²) >= 11 is 11.9. The number of hydrogen-bond donors (Lipinski definition) is 3. The van der Waals surface area contributed by atoms with Crippen LogP contribution in [0.1, 0.15) is 42.9 Å². The molecule has 1 aliphatic carbocycles. The topological polar surface area (TPSA) is 86.6 Å². The summed E-state index contributed by atoms with van der Waals surface area (Å²) in [5.74, 6) is -5.71. The van der Waals surface area contributed by atoms with Gasteiger partial charge in [-0.3, -0.25) is 9.59 Å². The summed E-state index contributed by atoms with van der Waals surface area (Å²) < 4.78 is 40.5. The monoisotopic (exact) mass is 489 g/mol. The fourth-order valence-electron chi connectivity index (χ4n) is 3.60. The summed E-state index contributed by atoms with van der Waals surface area (Å²) in [4.78, 5) is 24.5. The minimum Gasteiger partial charge on any atom is -0.481 e. The Morgan fingerprint density at radius 3 is 2.12 bits per heavy atom.